The summed E-state index contributed by atoms with van der Waals surface area (Å²) >= 11 is 0. The molecule has 1 aromatic heterocycles. The lowest BCUT2D eigenvalue weighted by Gasteiger charge is -2.10. The lowest BCUT2D eigenvalue weighted by atomic mass is 10.5. The number of anilines is 3. The highest BCUT2D eigenvalue weighted by Gasteiger charge is 1.99. The van der Waals surface area contributed by atoms with Crippen molar-refractivity contribution in [3.05, 3.63) is 6.07 Å². The highest BCUT2D eigenvalue weighted by molar-refractivity contribution is 5.49. The zero-order chi connectivity index (χ0) is 8.43. The van der Waals surface area contributed by atoms with Crippen molar-refractivity contribution in [3.63, 3.8) is 0 Å². The fraction of sp³-hybridized carbons (Fsp3) is 0.333. The standard InChI is InChI=1S/C6H11N5/c1-11(2)5-3-4(7)9-6(8)10-5/h3H,1-2H3,(H4,7,8,9,10). The van der Waals surface area contributed by atoms with E-state index in [-0.39, 0.29) is 5.95 Å². The molecule has 0 saturated heterocycles. The van der Waals surface area contributed by atoms with Crippen molar-refractivity contribution < 1.29 is 0 Å². The van der Waals surface area contributed by atoms with Gasteiger partial charge in [0, 0.05) is 20.2 Å². The molecule has 0 unspecified atom stereocenters. The Morgan fingerprint density at radius 3 is 2.36 bits per heavy atom. The average Bonchev–Trinajstić information content (AvgIpc) is 1.85. The van der Waals surface area contributed by atoms with Crippen molar-refractivity contribution in [1.82, 2.24) is 9.97 Å². The number of hydrogen-bond donors (Lipinski definition) is 2. The van der Waals surface area contributed by atoms with Gasteiger partial charge in [-0.2, -0.15) is 9.97 Å². The predicted molar refractivity (Wildman–Crippen MR) is 45.2 cm³/mol. The normalized spacial score (nSPS) is 9.64. The van der Waals surface area contributed by atoms with E-state index in [2.05, 4.69) is 9.97 Å². The van der Waals surface area contributed by atoms with Crippen molar-refractivity contribution in [3.8, 4) is 0 Å². The molecule has 0 aliphatic heterocycles. The smallest absolute Gasteiger partial charge is 0.223 e. The Hall–Kier alpha value is -1.52. The summed E-state index contributed by atoms with van der Waals surface area (Å²) in [7, 11) is 3.72. The van der Waals surface area contributed by atoms with E-state index in [0.717, 1.165) is 5.82 Å². The second-order valence-corrected chi connectivity index (χ2v) is 2.40. The molecule has 0 aromatic carbocycles. The van der Waals surface area contributed by atoms with Crippen molar-refractivity contribution in [1.29, 1.82) is 0 Å². The van der Waals surface area contributed by atoms with Crippen LogP contribution in [0, 0.1) is 0 Å². The summed E-state index contributed by atoms with van der Waals surface area (Å²) < 4.78 is 0. The zero-order valence-corrected chi connectivity index (χ0v) is 6.57. The summed E-state index contributed by atoms with van der Waals surface area (Å²) in [6, 6.07) is 1.66. The van der Waals surface area contributed by atoms with Crippen molar-refractivity contribution in [2.75, 3.05) is 30.5 Å². The summed E-state index contributed by atoms with van der Waals surface area (Å²) in [5, 5.41) is 0. The van der Waals surface area contributed by atoms with Gasteiger partial charge in [0.2, 0.25) is 5.95 Å². The van der Waals surface area contributed by atoms with Crippen LogP contribution in [-0.4, -0.2) is 24.1 Å². The maximum atomic E-state index is 5.44. The van der Waals surface area contributed by atoms with Gasteiger partial charge in [0.25, 0.3) is 0 Å². The molecule has 11 heavy (non-hydrogen) atoms. The van der Waals surface area contributed by atoms with Gasteiger partial charge in [0.1, 0.15) is 11.6 Å². The first-order valence-corrected chi connectivity index (χ1v) is 3.17. The van der Waals surface area contributed by atoms with Crippen LogP contribution in [0.25, 0.3) is 0 Å². The quantitative estimate of drug-likeness (QED) is 0.579. The highest BCUT2D eigenvalue weighted by atomic mass is 15.2. The van der Waals surface area contributed by atoms with E-state index in [1.54, 1.807) is 6.07 Å². The molecule has 0 fully saturated rings. The molecular weight excluding hydrogens is 142 g/mol. The minimum atomic E-state index is 0.203. The van der Waals surface area contributed by atoms with E-state index < -0.39 is 0 Å². The second-order valence-electron chi connectivity index (χ2n) is 2.40. The Bertz CT molecular complexity index is 237. The Morgan fingerprint density at radius 1 is 1.27 bits per heavy atom. The number of hydrogen-bond acceptors (Lipinski definition) is 5. The molecule has 1 rings (SSSR count). The van der Waals surface area contributed by atoms with Gasteiger partial charge in [-0.05, 0) is 0 Å². The minimum Gasteiger partial charge on any atom is -0.383 e. The van der Waals surface area contributed by atoms with Gasteiger partial charge in [-0.1, -0.05) is 0 Å². The maximum Gasteiger partial charge on any atom is 0.223 e. The molecule has 0 aliphatic carbocycles. The third kappa shape index (κ3) is 1.70. The Balaban J connectivity index is 3.08. The van der Waals surface area contributed by atoms with Crippen molar-refractivity contribution in [2.24, 2.45) is 0 Å². The van der Waals surface area contributed by atoms with Crippen LogP contribution in [0.1, 0.15) is 0 Å². The second kappa shape index (κ2) is 2.61. The number of nitrogens with two attached hydrogens (primary N) is 2. The topological polar surface area (TPSA) is 81.1 Å². The molecule has 0 spiro atoms. The first-order chi connectivity index (χ1) is 5.09. The summed E-state index contributed by atoms with van der Waals surface area (Å²) in [5.41, 5.74) is 10.8. The Morgan fingerprint density at radius 2 is 1.91 bits per heavy atom. The highest BCUT2D eigenvalue weighted by Crippen LogP contribution is 2.11. The van der Waals surface area contributed by atoms with E-state index in [0.29, 0.717) is 5.82 Å². The summed E-state index contributed by atoms with van der Waals surface area (Å²) in [5.74, 6) is 1.31. The Kier molecular flexibility index (Phi) is 1.80. The fourth-order valence-corrected chi connectivity index (χ4v) is 0.701. The minimum absolute atomic E-state index is 0.203. The molecule has 60 valence electrons. The molecule has 0 saturated carbocycles. The van der Waals surface area contributed by atoms with Gasteiger partial charge in [0.15, 0.2) is 0 Å². The van der Waals surface area contributed by atoms with Crippen LogP contribution in [0.4, 0.5) is 17.6 Å². The maximum absolute atomic E-state index is 5.44. The fourth-order valence-electron chi connectivity index (χ4n) is 0.701. The third-order valence-electron chi connectivity index (χ3n) is 1.21. The van der Waals surface area contributed by atoms with Gasteiger partial charge in [-0.3, -0.25) is 0 Å². The Labute approximate surface area is 65.0 Å². The van der Waals surface area contributed by atoms with Crippen LogP contribution < -0.4 is 16.4 Å². The molecule has 0 bridgehead atoms. The van der Waals surface area contributed by atoms with E-state index in [1.165, 1.54) is 0 Å². The average molecular weight is 153 g/mol. The van der Waals surface area contributed by atoms with Crippen LogP contribution in [0.15, 0.2) is 6.07 Å². The first kappa shape index (κ1) is 7.59. The molecule has 1 heterocycles. The van der Waals surface area contributed by atoms with Crippen LogP contribution in [0.5, 0.6) is 0 Å². The largest absolute Gasteiger partial charge is 0.383 e. The van der Waals surface area contributed by atoms with Crippen LogP contribution >= 0.6 is 0 Å². The summed E-state index contributed by atoms with van der Waals surface area (Å²) in [6.07, 6.45) is 0. The van der Waals surface area contributed by atoms with E-state index in [9.17, 15) is 0 Å². The number of aromatic nitrogens is 2. The van der Waals surface area contributed by atoms with Gasteiger partial charge < -0.3 is 16.4 Å². The molecule has 1 aromatic rings. The van der Waals surface area contributed by atoms with Crippen LogP contribution in [0.3, 0.4) is 0 Å². The summed E-state index contributed by atoms with van der Waals surface area (Å²) in [6.45, 7) is 0. The molecule has 5 heteroatoms. The van der Waals surface area contributed by atoms with Crippen molar-refractivity contribution in [2.45, 2.75) is 0 Å². The van der Waals surface area contributed by atoms with E-state index >= 15 is 0 Å². The predicted octanol–water partition coefficient (Wildman–Crippen LogP) is -0.293. The van der Waals surface area contributed by atoms with Gasteiger partial charge >= 0.3 is 0 Å². The molecule has 0 radical (unpaired) electrons. The molecule has 0 amide bonds. The number of rotatable bonds is 1. The van der Waals surface area contributed by atoms with E-state index in [4.69, 9.17) is 11.5 Å². The van der Waals surface area contributed by atoms with Gasteiger partial charge in [0.05, 0.1) is 0 Å². The monoisotopic (exact) mass is 153 g/mol. The molecule has 0 atom stereocenters. The number of nitrogens with zero attached hydrogens (tertiary/aromatic N) is 3. The van der Waals surface area contributed by atoms with Gasteiger partial charge in [-0.15, -0.1) is 0 Å². The van der Waals surface area contributed by atoms with Crippen LogP contribution in [0.2, 0.25) is 0 Å². The third-order valence-corrected chi connectivity index (χ3v) is 1.21. The lowest BCUT2D eigenvalue weighted by molar-refractivity contribution is 1.05. The van der Waals surface area contributed by atoms with Gasteiger partial charge in [-0.25, -0.2) is 0 Å². The zero-order valence-electron chi connectivity index (χ0n) is 6.57. The molecular formula is C6H11N5. The lowest BCUT2D eigenvalue weighted by Crippen LogP contribution is -2.13. The molecule has 0 aliphatic rings. The van der Waals surface area contributed by atoms with E-state index in [1.807, 2.05) is 19.0 Å². The molecule has 4 N–H and O–H groups in total. The SMILES string of the molecule is CN(C)c1cc(N)nc(N)n1. The van der Waals surface area contributed by atoms with Crippen molar-refractivity contribution >= 4 is 17.6 Å². The van der Waals surface area contributed by atoms with Crippen LogP contribution in [-0.2, 0) is 0 Å². The summed E-state index contributed by atoms with van der Waals surface area (Å²) in [4.78, 5) is 9.49. The first-order valence-electron chi connectivity index (χ1n) is 3.17. The molecule has 5 nitrogen and oxygen atoms in total. The number of nitrogen functional groups attached to an aromatic ring is 2.